The van der Waals surface area contributed by atoms with Crippen LogP contribution in [0.15, 0.2) is 5.16 Å². The topological polar surface area (TPSA) is 30.7 Å². The standard InChI is InChI=1S/C4H7N3S/c1-3-5-4(8)6-7(3)2/h1-2H3,(H,6,8)/p-1. The third-order valence-corrected chi connectivity index (χ3v) is 1.13. The smallest absolute Gasteiger partial charge is 0.121 e. The summed E-state index contributed by atoms with van der Waals surface area (Å²) < 4.78 is 1.66. The Hall–Kier alpha value is -0.640. The number of nitrogens with zero attached hydrogens (tertiary/aromatic N) is 3. The van der Waals surface area contributed by atoms with Gasteiger partial charge in [0.05, 0.1) is 0 Å². The minimum atomic E-state index is 0.421. The van der Waals surface area contributed by atoms with Crippen LogP contribution in [0.25, 0.3) is 0 Å². The van der Waals surface area contributed by atoms with Crippen LogP contribution in [0.5, 0.6) is 0 Å². The van der Waals surface area contributed by atoms with E-state index in [9.17, 15) is 0 Å². The van der Waals surface area contributed by atoms with E-state index in [1.54, 1.807) is 4.68 Å². The zero-order valence-electron chi connectivity index (χ0n) is 4.75. The number of hydrogen-bond donors (Lipinski definition) is 0. The predicted octanol–water partition coefficient (Wildman–Crippen LogP) is 0.0293. The molecule has 1 rings (SSSR count). The molecule has 0 amide bonds. The lowest BCUT2D eigenvalue weighted by molar-refractivity contribution is 0.716. The molecule has 0 fully saturated rings. The lowest BCUT2D eigenvalue weighted by Gasteiger charge is -1.88. The first-order valence-electron chi connectivity index (χ1n) is 2.25. The van der Waals surface area contributed by atoms with Gasteiger partial charge in [0.2, 0.25) is 0 Å². The maximum Gasteiger partial charge on any atom is 0.121 e. The summed E-state index contributed by atoms with van der Waals surface area (Å²) in [4.78, 5) is 3.88. The molecule has 0 radical (unpaired) electrons. The maximum absolute atomic E-state index is 4.68. The van der Waals surface area contributed by atoms with Crippen molar-refractivity contribution in [2.24, 2.45) is 7.05 Å². The summed E-state index contributed by atoms with van der Waals surface area (Å²) in [6, 6.07) is 0. The first-order chi connectivity index (χ1) is 3.70. The molecule has 4 heteroatoms. The number of aromatic nitrogens is 3. The van der Waals surface area contributed by atoms with Crippen molar-refractivity contribution >= 4 is 12.6 Å². The highest BCUT2D eigenvalue weighted by molar-refractivity contribution is 7.58. The molecule has 0 aliphatic heterocycles. The predicted molar refractivity (Wildman–Crippen MR) is 31.4 cm³/mol. The summed E-state index contributed by atoms with van der Waals surface area (Å²) in [6.07, 6.45) is 0. The lowest BCUT2D eigenvalue weighted by atomic mass is 10.7. The zero-order chi connectivity index (χ0) is 6.15. The molecule has 1 heterocycles. The molecule has 0 aliphatic carbocycles. The highest BCUT2D eigenvalue weighted by Gasteiger charge is 1.88. The van der Waals surface area contributed by atoms with Crippen LogP contribution in [0.3, 0.4) is 0 Å². The Bertz CT molecular complexity index is 174. The quantitative estimate of drug-likeness (QED) is 0.462. The first kappa shape index (κ1) is 5.50. The minimum absolute atomic E-state index is 0.421. The van der Waals surface area contributed by atoms with E-state index in [1.165, 1.54) is 0 Å². The second-order valence-electron chi connectivity index (χ2n) is 1.57. The van der Waals surface area contributed by atoms with Gasteiger partial charge in [-0.15, -0.1) is 0 Å². The molecule has 0 aromatic carbocycles. The van der Waals surface area contributed by atoms with Gasteiger partial charge in [-0.05, 0) is 6.92 Å². The van der Waals surface area contributed by atoms with Crippen molar-refractivity contribution in [2.45, 2.75) is 12.1 Å². The molecule has 0 bridgehead atoms. The van der Waals surface area contributed by atoms with Crippen molar-refractivity contribution in [3.63, 3.8) is 0 Å². The summed E-state index contributed by atoms with van der Waals surface area (Å²) in [5, 5.41) is 4.25. The Morgan fingerprint density at radius 1 is 1.62 bits per heavy atom. The molecular weight excluding hydrogens is 122 g/mol. The molecule has 0 saturated heterocycles. The van der Waals surface area contributed by atoms with Crippen molar-refractivity contribution in [2.75, 3.05) is 0 Å². The van der Waals surface area contributed by atoms with Crippen LogP contribution in [0, 0.1) is 6.92 Å². The van der Waals surface area contributed by atoms with Crippen molar-refractivity contribution in [3.05, 3.63) is 5.82 Å². The van der Waals surface area contributed by atoms with E-state index in [1.807, 2.05) is 14.0 Å². The van der Waals surface area contributed by atoms with Crippen molar-refractivity contribution < 1.29 is 0 Å². The average molecular weight is 128 g/mol. The Labute approximate surface area is 53.1 Å². The zero-order valence-corrected chi connectivity index (χ0v) is 5.57. The highest BCUT2D eigenvalue weighted by Crippen LogP contribution is 1.90. The molecule has 1 aromatic heterocycles. The van der Waals surface area contributed by atoms with Crippen molar-refractivity contribution in [1.82, 2.24) is 14.8 Å². The van der Waals surface area contributed by atoms with Gasteiger partial charge in [-0.25, -0.2) is 4.98 Å². The van der Waals surface area contributed by atoms with Crippen molar-refractivity contribution in [1.29, 1.82) is 0 Å². The molecule has 0 atom stereocenters. The molecule has 1 aromatic rings. The summed E-state index contributed by atoms with van der Waals surface area (Å²) in [7, 11) is 1.82. The van der Waals surface area contributed by atoms with Crippen LogP contribution < -0.4 is 0 Å². The van der Waals surface area contributed by atoms with E-state index in [0.29, 0.717) is 5.16 Å². The van der Waals surface area contributed by atoms with E-state index in [4.69, 9.17) is 0 Å². The summed E-state index contributed by atoms with van der Waals surface area (Å²) in [5.41, 5.74) is 0. The van der Waals surface area contributed by atoms with Crippen LogP contribution in [0.4, 0.5) is 0 Å². The normalized spacial score (nSPS) is 9.75. The largest absolute Gasteiger partial charge is 0.738 e. The van der Waals surface area contributed by atoms with Crippen LogP contribution in [-0.4, -0.2) is 14.8 Å². The average Bonchev–Trinajstić information content (AvgIpc) is 1.85. The van der Waals surface area contributed by atoms with Gasteiger partial charge in [0.1, 0.15) is 5.82 Å². The SMILES string of the molecule is Cc1nc([S-])nn1C. The second-order valence-corrected chi connectivity index (χ2v) is 1.93. The van der Waals surface area contributed by atoms with E-state index in [2.05, 4.69) is 22.7 Å². The monoisotopic (exact) mass is 128 g/mol. The molecule has 0 spiro atoms. The fourth-order valence-corrected chi connectivity index (χ4v) is 0.688. The third-order valence-electron chi connectivity index (χ3n) is 0.961. The molecule has 44 valence electrons. The van der Waals surface area contributed by atoms with Crippen LogP contribution >= 0.6 is 0 Å². The van der Waals surface area contributed by atoms with Gasteiger partial charge in [-0.3, -0.25) is 4.68 Å². The van der Waals surface area contributed by atoms with Gasteiger partial charge >= 0.3 is 0 Å². The van der Waals surface area contributed by atoms with Gasteiger partial charge in [-0.2, -0.15) is 5.10 Å². The third kappa shape index (κ3) is 0.790. The van der Waals surface area contributed by atoms with E-state index in [-0.39, 0.29) is 0 Å². The molecular formula is C4H6N3S-. The summed E-state index contributed by atoms with van der Waals surface area (Å²) in [6.45, 7) is 1.86. The summed E-state index contributed by atoms with van der Waals surface area (Å²) >= 11 is 4.68. The number of rotatable bonds is 0. The Morgan fingerprint density at radius 2 is 2.25 bits per heavy atom. The second kappa shape index (κ2) is 1.70. The molecule has 8 heavy (non-hydrogen) atoms. The molecule has 0 saturated carbocycles. The van der Waals surface area contributed by atoms with Gasteiger partial charge in [-0.1, -0.05) is 0 Å². The fourth-order valence-electron chi connectivity index (χ4n) is 0.434. The Balaban J connectivity index is 3.14. The first-order valence-corrected chi connectivity index (χ1v) is 2.65. The number of aryl methyl sites for hydroxylation is 2. The highest BCUT2D eigenvalue weighted by atomic mass is 32.1. The molecule has 0 N–H and O–H groups in total. The van der Waals surface area contributed by atoms with E-state index >= 15 is 0 Å². The lowest BCUT2D eigenvalue weighted by Crippen LogP contribution is -1.92. The fraction of sp³-hybridized carbons (Fsp3) is 0.500. The molecule has 0 unspecified atom stereocenters. The Kier molecular flexibility index (Phi) is 1.17. The Morgan fingerprint density at radius 3 is 2.38 bits per heavy atom. The van der Waals surface area contributed by atoms with Gasteiger partial charge in [0, 0.05) is 12.2 Å². The van der Waals surface area contributed by atoms with Crippen LogP contribution in [-0.2, 0) is 19.7 Å². The van der Waals surface area contributed by atoms with Crippen molar-refractivity contribution in [3.8, 4) is 0 Å². The van der Waals surface area contributed by atoms with E-state index < -0.39 is 0 Å². The van der Waals surface area contributed by atoms with Crippen LogP contribution in [0.2, 0.25) is 0 Å². The minimum Gasteiger partial charge on any atom is -0.738 e. The maximum atomic E-state index is 4.68. The van der Waals surface area contributed by atoms with E-state index in [0.717, 1.165) is 5.82 Å². The summed E-state index contributed by atoms with van der Waals surface area (Å²) in [5.74, 6) is 0.856. The molecule has 0 aliphatic rings. The van der Waals surface area contributed by atoms with Gasteiger partial charge in [0.15, 0.2) is 0 Å². The van der Waals surface area contributed by atoms with Gasteiger partial charge in [0.25, 0.3) is 0 Å². The van der Waals surface area contributed by atoms with Gasteiger partial charge < -0.3 is 12.6 Å². The number of hydrogen-bond acceptors (Lipinski definition) is 3. The molecule has 3 nitrogen and oxygen atoms in total. The van der Waals surface area contributed by atoms with Crippen LogP contribution in [0.1, 0.15) is 5.82 Å².